The quantitative estimate of drug-likeness (QED) is 0.569. The van der Waals surface area contributed by atoms with Crippen LogP contribution in [0, 0.1) is 5.92 Å². The molecule has 0 bridgehead atoms. The minimum Gasteiger partial charge on any atom is -0.353 e. The molecule has 2 aromatic heterocycles. The van der Waals surface area contributed by atoms with Crippen molar-refractivity contribution >= 4 is 39.2 Å². The van der Waals surface area contributed by atoms with Crippen molar-refractivity contribution in [3.63, 3.8) is 0 Å². The van der Waals surface area contributed by atoms with Gasteiger partial charge in [0.2, 0.25) is 5.91 Å². The van der Waals surface area contributed by atoms with Crippen LogP contribution in [0.4, 0.5) is 0 Å². The molecule has 2 rings (SSSR count). The van der Waals surface area contributed by atoms with E-state index in [0.717, 1.165) is 34.5 Å². The number of thioether (sulfide) groups is 1. The van der Waals surface area contributed by atoms with Crippen LogP contribution in [-0.2, 0) is 11.2 Å². The summed E-state index contributed by atoms with van der Waals surface area (Å²) in [6.07, 6.45) is 4.74. The molecule has 0 aliphatic heterocycles. The molecule has 2 heterocycles. The zero-order chi connectivity index (χ0) is 16.8. The van der Waals surface area contributed by atoms with Crippen LogP contribution in [-0.4, -0.2) is 27.7 Å². The lowest BCUT2D eigenvalue weighted by Gasteiger charge is -2.14. The maximum Gasteiger partial charge on any atom is 0.230 e. The lowest BCUT2D eigenvalue weighted by Crippen LogP contribution is -2.34. The second kappa shape index (κ2) is 8.64. The summed E-state index contributed by atoms with van der Waals surface area (Å²) in [7, 11) is 0. The molecule has 0 fully saturated rings. The predicted molar refractivity (Wildman–Crippen MR) is 99.2 cm³/mol. The van der Waals surface area contributed by atoms with E-state index in [1.54, 1.807) is 17.7 Å². The molecule has 0 saturated heterocycles. The van der Waals surface area contributed by atoms with Crippen LogP contribution in [0.2, 0.25) is 0 Å². The van der Waals surface area contributed by atoms with E-state index in [0.29, 0.717) is 11.7 Å². The van der Waals surface area contributed by atoms with Gasteiger partial charge in [-0.2, -0.15) is 0 Å². The number of aromatic nitrogens is 2. The normalized spacial score (nSPS) is 12.7. The van der Waals surface area contributed by atoms with Crippen LogP contribution in [0.5, 0.6) is 0 Å². The number of rotatable bonds is 8. The Morgan fingerprint density at radius 2 is 2.09 bits per heavy atom. The summed E-state index contributed by atoms with van der Waals surface area (Å²) in [6, 6.07) is 2.37. The van der Waals surface area contributed by atoms with E-state index in [1.807, 2.05) is 0 Å². The fourth-order valence-corrected chi connectivity index (χ4v) is 4.06. The average Bonchev–Trinajstić information content (AvgIpc) is 2.94. The highest BCUT2D eigenvalue weighted by atomic mass is 32.2. The van der Waals surface area contributed by atoms with E-state index in [4.69, 9.17) is 0 Å². The number of nitrogens with zero attached hydrogens (tertiary/aromatic N) is 2. The number of carbonyl (C=O) groups excluding carboxylic acids is 1. The van der Waals surface area contributed by atoms with Crippen molar-refractivity contribution in [2.24, 2.45) is 5.92 Å². The molecular formula is C17H25N3OS2. The van der Waals surface area contributed by atoms with Crippen LogP contribution in [0.25, 0.3) is 10.2 Å². The molecular weight excluding hydrogens is 326 g/mol. The van der Waals surface area contributed by atoms with Crippen molar-refractivity contribution in [1.29, 1.82) is 0 Å². The van der Waals surface area contributed by atoms with Gasteiger partial charge in [0.1, 0.15) is 16.2 Å². The fourth-order valence-electron chi connectivity index (χ4n) is 2.28. The molecule has 1 amide bonds. The number of thiophene rings is 1. The van der Waals surface area contributed by atoms with Gasteiger partial charge in [-0.25, -0.2) is 9.97 Å². The monoisotopic (exact) mass is 351 g/mol. The summed E-state index contributed by atoms with van der Waals surface area (Å²) in [4.78, 5) is 23.1. The molecule has 6 heteroatoms. The van der Waals surface area contributed by atoms with E-state index in [9.17, 15) is 4.79 Å². The van der Waals surface area contributed by atoms with E-state index >= 15 is 0 Å². The van der Waals surface area contributed by atoms with Gasteiger partial charge >= 0.3 is 0 Å². The standard InChI is InChI=1S/C17H25N3OS2/c1-5-13-8-14-16(18-10-19-17(14)23-13)22-9-15(21)20-12(4)7-6-11(2)3/h8,10-12H,5-7,9H2,1-4H3,(H,20,21)/t12-/m1/s1. The van der Waals surface area contributed by atoms with Gasteiger partial charge in [-0.3, -0.25) is 4.79 Å². The van der Waals surface area contributed by atoms with Crippen LogP contribution in [0.3, 0.4) is 0 Å². The Hall–Kier alpha value is -1.14. The first-order chi connectivity index (χ1) is 11.0. The number of aryl methyl sites for hydroxylation is 1. The number of nitrogens with one attached hydrogen (secondary N) is 1. The number of fused-ring (bicyclic) bond motifs is 1. The van der Waals surface area contributed by atoms with Gasteiger partial charge in [-0.05, 0) is 38.2 Å². The Balaban J connectivity index is 1.90. The minimum atomic E-state index is 0.0731. The average molecular weight is 352 g/mol. The number of hydrogen-bond acceptors (Lipinski definition) is 5. The first kappa shape index (κ1) is 18.2. The van der Waals surface area contributed by atoms with Crippen molar-refractivity contribution < 1.29 is 4.79 Å². The van der Waals surface area contributed by atoms with E-state index in [1.165, 1.54) is 16.6 Å². The van der Waals surface area contributed by atoms with Gasteiger partial charge in [0.15, 0.2) is 0 Å². The molecule has 2 aromatic rings. The number of amides is 1. The Morgan fingerprint density at radius 3 is 2.78 bits per heavy atom. The summed E-state index contributed by atoms with van der Waals surface area (Å²) in [5.41, 5.74) is 0. The Morgan fingerprint density at radius 1 is 1.30 bits per heavy atom. The summed E-state index contributed by atoms with van der Waals surface area (Å²) in [5.74, 6) is 1.14. The molecule has 1 N–H and O–H groups in total. The summed E-state index contributed by atoms with van der Waals surface area (Å²) in [5, 5.41) is 5.04. The Kier molecular flexibility index (Phi) is 6.84. The first-order valence-corrected chi connectivity index (χ1v) is 9.95. The summed E-state index contributed by atoms with van der Waals surface area (Å²) in [6.45, 7) is 8.61. The molecule has 0 aliphatic rings. The van der Waals surface area contributed by atoms with Gasteiger partial charge in [-0.1, -0.05) is 32.5 Å². The van der Waals surface area contributed by atoms with Crippen molar-refractivity contribution in [2.75, 3.05) is 5.75 Å². The Labute approximate surface area is 146 Å². The van der Waals surface area contributed by atoms with Crippen molar-refractivity contribution in [1.82, 2.24) is 15.3 Å². The summed E-state index contributed by atoms with van der Waals surface area (Å²) >= 11 is 3.19. The molecule has 0 saturated carbocycles. The van der Waals surface area contributed by atoms with Gasteiger partial charge in [0, 0.05) is 16.3 Å². The Bertz CT molecular complexity index is 654. The first-order valence-electron chi connectivity index (χ1n) is 8.15. The highest BCUT2D eigenvalue weighted by Gasteiger charge is 2.12. The van der Waals surface area contributed by atoms with E-state index < -0.39 is 0 Å². The maximum absolute atomic E-state index is 12.1. The maximum atomic E-state index is 12.1. The van der Waals surface area contributed by atoms with Gasteiger partial charge in [0.25, 0.3) is 0 Å². The van der Waals surface area contributed by atoms with Gasteiger partial charge in [0.05, 0.1) is 5.75 Å². The molecule has 0 aliphatic carbocycles. The lowest BCUT2D eigenvalue weighted by atomic mass is 10.0. The predicted octanol–water partition coefficient (Wildman–Crippen LogP) is 4.29. The third-order valence-corrected chi connectivity index (χ3v) is 5.81. The van der Waals surface area contributed by atoms with Crippen molar-refractivity contribution in [2.45, 2.75) is 58.0 Å². The zero-order valence-corrected chi connectivity index (χ0v) is 15.9. The minimum absolute atomic E-state index is 0.0731. The van der Waals surface area contributed by atoms with Crippen LogP contribution >= 0.6 is 23.1 Å². The van der Waals surface area contributed by atoms with Crippen LogP contribution < -0.4 is 5.32 Å². The molecule has 1 atom stereocenters. The second-order valence-electron chi connectivity index (χ2n) is 6.19. The molecule has 23 heavy (non-hydrogen) atoms. The molecule has 0 aromatic carbocycles. The van der Waals surface area contributed by atoms with Crippen molar-refractivity contribution in [3.8, 4) is 0 Å². The van der Waals surface area contributed by atoms with Crippen LogP contribution in [0.1, 0.15) is 45.4 Å². The number of hydrogen-bond donors (Lipinski definition) is 1. The molecule has 0 unspecified atom stereocenters. The fraction of sp³-hybridized carbons (Fsp3) is 0.588. The third-order valence-electron chi connectivity index (χ3n) is 3.62. The SMILES string of the molecule is CCc1cc2c(SCC(=O)N[C@H](C)CCC(C)C)ncnc2s1. The van der Waals surface area contributed by atoms with E-state index in [-0.39, 0.29) is 11.9 Å². The van der Waals surface area contributed by atoms with Crippen LogP contribution in [0.15, 0.2) is 17.4 Å². The smallest absolute Gasteiger partial charge is 0.230 e. The topological polar surface area (TPSA) is 54.9 Å². The second-order valence-corrected chi connectivity index (χ2v) is 8.27. The third kappa shape index (κ3) is 5.46. The highest BCUT2D eigenvalue weighted by Crippen LogP contribution is 2.30. The summed E-state index contributed by atoms with van der Waals surface area (Å²) < 4.78 is 0. The zero-order valence-electron chi connectivity index (χ0n) is 14.3. The largest absolute Gasteiger partial charge is 0.353 e. The molecule has 0 radical (unpaired) electrons. The molecule has 4 nitrogen and oxygen atoms in total. The van der Waals surface area contributed by atoms with E-state index in [2.05, 4.69) is 49.0 Å². The molecule has 0 spiro atoms. The number of carbonyl (C=O) groups is 1. The van der Waals surface area contributed by atoms with Gasteiger partial charge < -0.3 is 5.32 Å². The highest BCUT2D eigenvalue weighted by molar-refractivity contribution is 8.00. The van der Waals surface area contributed by atoms with Crippen molar-refractivity contribution in [3.05, 3.63) is 17.3 Å². The lowest BCUT2D eigenvalue weighted by molar-refractivity contribution is -0.119. The molecule has 126 valence electrons. The van der Waals surface area contributed by atoms with Gasteiger partial charge in [-0.15, -0.1) is 11.3 Å².